The minimum absolute atomic E-state index is 0.202. The van der Waals surface area contributed by atoms with Crippen LogP contribution in [-0.2, 0) is 16.2 Å². The molecule has 0 unspecified atom stereocenters. The van der Waals surface area contributed by atoms with Crippen molar-refractivity contribution >= 4 is 43.7 Å². The average Bonchev–Trinajstić information content (AvgIpc) is 3.12. The molecule has 0 radical (unpaired) electrons. The molecule has 0 N–H and O–H groups in total. The Kier molecular flexibility index (Phi) is 6.72. The van der Waals surface area contributed by atoms with Crippen molar-refractivity contribution in [1.82, 2.24) is 9.97 Å². The van der Waals surface area contributed by atoms with Gasteiger partial charge in [-0.25, -0.2) is 9.59 Å². The maximum atomic E-state index is 13.4. The maximum absolute atomic E-state index is 13.4. The van der Waals surface area contributed by atoms with Gasteiger partial charge in [-0.15, -0.1) is 0 Å². The number of hydrogen-bond acceptors (Lipinski definition) is 7. The summed E-state index contributed by atoms with van der Waals surface area (Å²) < 4.78 is 18.2. The molecule has 0 fully saturated rings. The molecular weight excluding hydrogens is 649 g/mol. The van der Waals surface area contributed by atoms with Crippen LogP contribution in [0.15, 0.2) is 128 Å². The number of nitrogens with zero attached hydrogens (tertiary/aromatic N) is 2. The van der Waals surface area contributed by atoms with Crippen LogP contribution in [0.25, 0.3) is 43.7 Å². The highest BCUT2D eigenvalue weighted by molar-refractivity contribution is 6.03. The molecule has 4 aromatic heterocycles. The van der Waals surface area contributed by atoms with Crippen molar-refractivity contribution in [2.75, 3.05) is 0 Å². The van der Waals surface area contributed by atoms with E-state index in [1.54, 1.807) is 24.3 Å². The van der Waals surface area contributed by atoms with Crippen LogP contribution in [0.5, 0.6) is 11.5 Å². The summed E-state index contributed by atoms with van der Waals surface area (Å²) >= 11 is 0. The van der Waals surface area contributed by atoms with Crippen molar-refractivity contribution in [3.63, 3.8) is 0 Å². The summed E-state index contributed by atoms with van der Waals surface area (Å²) in [6.45, 7) is 13.1. The number of hydrogen-bond donors (Lipinski definition) is 0. The van der Waals surface area contributed by atoms with Gasteiger partial charge >= 0.3 is 11.3 Å². The Hall–Kier alpha value is -6.08. The molecule has 7 nitrogen and oxygen atoms in total. The Bertz CT molecular complexity index is 2710. The lowest BCUT2D eigenvalue weighted by molar-refractivity contribution is 0.427. The fraction of sp³-hybridized carbons (Fsp3) is 0.200. The Morgan fingerprint density at radius 1 is 0.500 bits per heavy atom. The van der Waals surface area contributed by atoms with E-state index in [2.05, 4.69) is 65.8 Å². The molecule has 5 heterocycles. The molecule has 7 heteroatoms. The van der Waals surface area contributed by atoms with Crippen LogP contribution in [0.3, 0.4) is 0 Å². The summed E-state index contributed by atoms with van der Waals surface area (Å²) in [6, 6.07) is 35.0. The third-order valence-electron chi connectivity index (χ3n) is 10.4. The van der Waals surface area contributed by atoms with Crippen LogP contribution in [0.1, 0.15) is 75.2 Å². The first-order valence-electron chi connectivity index (χ1n) is 17.5. The molecule has 8 aromatic rings. The molecule has 1 aliphatic rings. The van der Waals surface area contributed by atoms with Crippen molar-refractivity contribution < 1.29 is 13.6 Å². The number of pyridine rings is 2. The number of aromatic nitrogens is 2. The Morgan fingerprint density at radius 3 is 1.35 bits per heavy atom. The lowest BCUT2D eigenvalue weighted by Crippen LogP contribution is -2.37. The molecule has 4 aromatic carbocycles. The lowest BCUT2D eigenvalue weighted by Gasteiger charge is -2.41. The van der Waals surface area contributed by atoms with Crippen molar-refractivity contribution in [2.45, 2.75) is 57.8 Å². The molecule has 0 spiro atoms. The molecule has 0 bridgehead atoms. The van der Waals surface area contributed by atoms with Gasteiger partial charge < -0.3 is 13.6 Å². The van der Waals surface area contributed by atoms with Crippen LogP contribution in [0.2, 0.25) is 0 Å². The SMILES string of the molecule is CC(C)(C)c1ccc2c(c1)C(c1ccc3c(=O)oc4ccccc4c3n1)(c1ccc3c(=O)oc4ccccc4c3n1)c1cc(C(C)(C)C)ccc1O2. The number of fused-ring (bicyclic) bond motifs is 8. The third kappa shape index (κ3) is 4.65. The van der Waals surface area contributed by atoms with Crippen LogP contribution in [0.4, 0.5) is 0 Å². The summed E-state index contributed by atoms with van der Waals surface area (Å²) in [7, 11) is 0. The van der Waals surface area contributed by atoms with Gasteiger partial charge in [0, 0.05) is 21.9 Å². The second-order valence-electron chi connectivity index (χ2n) is 15.7. The molecule has 1 aliphatic heterocycles. The fourth-order valence-electron chi connectivity index (χ4n) is 7.59. The zero-order valence-electron chi connectivity index (χ0n) is 29.8. The quantitative estimate of drug-likeness (QED) is 0.132. The second kappa shape index (κ2) is 11.0. The highest BCUT2D eigenvalue weighted by atomic mass is 16.5. The first-order valence-corrected chi connectivity index (χ1v) is 17.5. The van der Waals surface area contributed by atoms with Gasteiger partial charge in [-0.1, -0.05) is 77.9 Å². The Balaban J connectivity index is 1.52. The normalized spacial score (nSPS) is 14.0. The molecule has 0 saturated heterocycles. The molecule has 0 amide bonds. The van der Waals surface area contributed by atoms with Crippen molar-refractivity contribution in [2.24, 2.45) is 0 Å². The zero-order valence-corrected chi connectivity index (χ0v) is 29.8. The van der Waals surface area contributed by atoms with Gasteiger partial charge in [0.25, 0.3) is 0 Å². The fourth-order valence-corrected chi connectivity index (χ4v) is 7.59. The molecule has 9 rings (SSSR count). The van der Waals surface area contributed by atoms with E-state index in [1.807, 2.05) is 60.7 Å². The van der Waals surface area contributed by atoms with Crippen LogP contribution in [0, 0.1) is 0 Å². The smallest absolute Gasteiger partial charge is 0.345 e. The standard InChI is InChI=1S/C45H36N2O5/c1-43(2,3)25-15-19-35-31(23-25)45(32-24-26(44(4,5)6)16-20-36(32)50-35,37-21-17-29-39(46-37)27-11-7-9-13-33(27)51-41(29)48)38-22-18-30-40(47-38)28-12-8-10-14-34(28)52-42(30)49/h7-24H,1-6H3. The van der Waals surface area contributed by atoms with Gasteiger partial charge in [-0.2, -0.15) is 0 Å². The number of ether oxygens (including phenoxy) is 1. The van der Waals surface area contributed by atoms with Gasteiger partial charge in [0.05, 0.1) is 33.2 Å². The molecule has 52 heavy (non-hydrogen) atoms. The van der Waals surface area contributed by atoms with E-state index in [0.29, 0.717) is 55.9 Å². The van der Waals surface area contributed by atoms with Gasteiger partial charge in [0.15, 0.2) is 0 Å². The van der Waals surface area contributed by atoms with Crippen molar-refractivity contribution in [3.8, 4) is 11.5 Å². The molecule has 0 aliphatic carbocycles. The van der Waals surface area contributed by atoms with E-state index in [4.69, 9.17) is 23.5 Å². The number of para-hydroxylation sites is 2. The summed E-state index contributed by atoms with van der Waals surface area (Å²) in [5, 5.41) is 2.21. The van der Waals surface area contributed by atoms with E-state index in [-0.39, 0.29) is 10.8 Å². The minimum atomic E-state index is -1.16. The van der Waals surface area contributed by atoms with E-state index in [9.17, 15) is 9.59 Å². The zero-order chi connectivity index (χ0) is 36.2. The Morgan fingerprint density at radius 2 is 0.923 bits per heavy atom. The highest BCUT2D eigenvalue weighted by Gasteiger charge is 2.49. The molecule has 0 saturated carbocycles. The van der Waals surface area contributed by atoms with E-state index < -0.39 is 16.7 Å². The van der Waals surface area contributed by atoms with Gasteiger partial charge in [0.1, 0.15) is 28.1 Å². The van der Waals surface area contributed by atoms with Crippen LogP contribution >= 0.6 is 0 Å². The molecular formula is C45H36N2O5. The number of benzene rings is 4. The minimum Gasteiger partial charge on any atom is -0.457 e. The van der Waals surface area contributed by atoms with Crippen LogP contribution < -0.4 is 16.0 Å². The number of rotatable bonds is 2. The highest BCUT2D eigenvalue weighted by Crippen LogP contribution is 2.56. The van der Waals surface area contributed by atoms with Gasteiger partial charge in [0.2, 0.25) is 0 Å². The monoisotopic (exact) mass is 684 g/mol. The van der Waals surface area contributed by atoms with E-state index in [0.717, 1.165) is 33.0 Å². The van der Waals surface area contributed by atoms with E-state index in [1.165, 1.54) is 0 Å². The lowest BCUT2D eigenvalue weighted by atomic mass is 9.65. The van der Waals surface area contributed by atoms with Gasteiger partial charge in [-0.05, 0) is 94.8 Å². The molecule has 256 valence electrons. The Labute approximate surface area is 299 Å². The first kappa shape index (κ1) is 31.9. The first-order chi connectivity index (χ1) is 24.8. The van der Waals surface area contributed by atoms with Crippen molar-refractivity contribution in [1.29, 1.82) is 0 Å². The third-order valence-corrected chi connectivity index (χ3v) is 10.4. The summed E-state index contributed by atoms with van der Waals surface area (Å²) in [5.74, 6) is 1.34. The van der Waals surface area contributed by atoms with E-state index >= 15 is 0 Å². The van der Waals surface area contributed by atoms with Crippen molar-refractivity contribution in [3.05, 3.63) is 164 Å². The maximum Gasteiger partial charge on any atom is 0.345 e. The second-order valence-corrected chi connectivity index (χ2v) is 15.7. The largest absolute Gasteiger partial charge is 0.457 e. The predicted octanol–water partition coefficient (Wildman–Crippen LogP) is 10.1. The predicted molar refractivity (Wildman–Crippen MR) is 205 cm³/mol. The summed E-state index contributed by atoms with van der Waals surface area (Å²) in [6.07, 6.45) is 0. The van der Waals surface area contributed by atoms with Crippen LogP contribution in [-0.4, -0.2) is 9.97 Å². The molecule has 0 atom stereocenters. The summed E-state index contributed by atoms with van der Waals surface area (Å²) in [4.78, 5) is 37.6. The van der Waals surface area contributed by atoms with Gasteiger partial charge in [-0.3, -0.25) is 9.97 Å². The average molecular weight is 685 g/mol. The topological polar surface area (TPSA) is 95.4 Å². The summed E-state index contributed by atoms with van der Waals surface area (Å²) in [5.41, 5.74) is 4.72.